The number of hydrogen-bond donors (Lipinski definition) is 2. The molecule has 2 atom stereocenters. The number of nitrogens with one attached hydrogen (secondary N) is 2. The van der Waals surface area contributed by atoms with Crippen molar-refractivity contribution in [3.63, 3.8) is 0 Å². The fraction of sp³-hybridized carbons (Fsp3) is 0.552. The molecule has 0 saturated carbocycles. The van der Waals surface area contributed by atoms with Crippen molar-refractivity contribution in [2.45, 2.75) is 97.1 Å². The molecule has 2 rings (SSSR count). The number of thioether (sulfide) groups is 1. The summed E-state index contributed by atoms with van der Waals surface area (Å²) in [5, 5.41) is 4.93. The van der Waals surface area contributed by atoms with E-state index < -0.39 is 0 Å². The molecule has 0 aliphatic carbocycles. The van der Waals surface area contributed by atoms with Crippen LogP contribution in [0, 0.1) is 0 Å². The molecule has 2 N–H and O–H groups in total. The fourth-order valence-electron chi connectivity index (χ4n) is 3.93. The lowest BCUT2D eigenvalue weighted by Crippen LogP contribution is -2.76. The van der Waals surface area contributed by atoms with Crippen molar-refractivity contribution in [3.05, 3.63) is 71.8 Å². The van der Waals surface area contributed by atoms with Crippen LogP contribution in [0.3, 0.4) is 0 Å². The van der Waals surface area contributed by atoms with Crippen LogP contribution in [0.5, 0.6) is 0 Å². The second-order valence-electron chi connectivity index (χ2n) is 8.91. The standard InChI is InChI=1S/C29H44N2S/c1-4-5-6-7-8-9-10-11-12-19-24-32-29(30-25(2)27-20-15-13-16-21-27)31-26(3)28-22-17-14-18-23-28/h13-18,20-23,25-26H,4-12,19,24H2,1-3H3,(H,30,31)/p+1/t25-,26-/m0/s1. The lowest BCUT2D eigenvalue weighted by molar-refractivity contribution is -0.504. The molecule has 3 heteroatoms. The second-order valence-corrected chi connectivity index (χ2v) is 10.0. The van der Waals surface area contributed by atoms with E-state index in [0.29, 0.717) is 0 Å². The van der Waals surface area contributed by atoms with Crippen LogP contribution < -0.4 is 10.3 Å². The second kappa shape index (κ2) is 16.8. The van der Waals surface area contributed by atoms with Gasteiger partial charge >= 0.3 is 5.17 Å². The molecule has 0 fully saturated rings. The van der Waals surface area contributed by atoms with Gasteiger partial charge in [-0.15, -0.1) is 0 Å². The van der Waals surface area contributed by atoms with E-state index in [1.165, 1.54) is 80.5 Å². The summed E-state index contributed by atoms with van der Waals surface area (Å²) < 4.78 is 0. The van der Waals surface area contributed by atoms with E-state index in [-0.39, 0.29) is 12.1 Å². The number of hydrogen-bond acceptors (Lipinski definition) is 1. The van der Waals surface area contributed by atoms with Gasteiger partial charge < -0.3 is 0 Å². The Kier molecular flexibility index (Phi) is 13.9. The van der Waals surface area contributed by atoms with Gasteiger partial charge in [0, 0.05) is 5.75 Å². The number of benzene rings is 2. The zero-order valence-corrected chi connectivity index (χ0v) is 21.4. The summed E-state index contributed by atoms with van der Waals surface area (Å²) in [6, 6.07) is 22.0. The van der Waals surface area contributed by atoms with Gasteiger partial charge in [-0.05, 0) is 43.2 Å². The minimum absolute atomic E-state index is 0.280. The number of rotatable bonds is 15. The van der Waals surface area contributed by atoms with Gasteiger partial charge in [0.1, 0.15) is 12.1 Å². The average Bonchev–Trinajstić information content (AvgIpc) is 2.83. The van der Waals surface area contributed by atoms with Crippen LogP contribution >= 0.6 is 11.8 Å². The van der Waals surface area contributed by atoms with Crippen LogP contribution in [-0.2, 0) is 0 Å². The largest absolute Gasteiger partial charge is 0.305 e. The first kappa shape index (κ1) is 26.5. The maximum Gasteiger partial charge on any atom is 0.305 e. The molecule has 0 unspecified atom stereocenters. The van der Waals surface area contributed by atoms with E-state index in [2.05, 4.69) is 91.7 Å². The highest BCUT2D eigenvalue weighted by Gasteiger charge is 2.17. The summed E-state index contributed by atoms with van der Waals surface area (Å²) in [5.74, 6) is 1.16. The molecule has 0 radical (unpaired) electrons. The van der Waals surface area contributed by atoms with Gasteiger partial charge in [-0.1, -0.05) is 125 Å². The third-order valence-corrected chi connectivity index (χ3v) is 7.06. The topological polar surface area (TPSA) is 26.0 Å². The predicted octanol–water partition coefficient (Wildman–Crippen LogP) is 7.19. The Morgan fingerprint density at radius 3 is 1.78 bits per heavy atom. The smallest absolute Gasteiger partial charge is 0.262 e. The highest BCUT2D eigenvalue weighted by Crippen LogP contribution is 2.15. The molecular weight excluding hydrogens is 408 g/mol. The maximum atomic E-state index is 3.74. The SMILES string of the molecule is CCCCCCCCCCCCSC(N[C@@H](C)c1ccccc1)=[NH+][C@@H](C)c1ccccc1. The maximum absolute atomic E-state index is 3.74. The summed E-state index contributed by atoms with van der Waals surface area (Å²) in [4.78, 5) is 3.74. The Bertz CT molecular complexity index is 729. The van der Waals surface area contributed by atoms with Crippen molar-refractivity contribution in [1.29, 1.82) is 0 Å². The summed E-state index contributed by atoms with van der Waals surface area (Å²) in [5.41, 5.74) is 2.64. The van der Waals surface area contributed by atoms with E-state index in [4.69, 9.17) is 0 Å². The summed E-state index contributed by atoms with van der Waals surface area (Å²) >= 11 is 1.94. The zero-order valence-electron chi connectivity index (χ0n) is 20.6. The monoisotopic (exact) mass is 453 g/mol. The molecule has 0 saturated heterocycles. The molecule has 2 aromatic carbocycles. The highest BCUT2D eigenvalue weighted by molar-refractivity contribution is 8.13. The first-order valence-corrected chi connectivity index (χ1v) is 13.8. The van der Waals surface area contributed by atoms with Crippen molar-refractivity contribution in [2.24, 2.45) is 0 Å². The Labute approximate surface area is 201 Å². The summed E-state index contributed by atoms with van der Waals surface area (Å²) in [6.45, 7) is 6.77. The fourth-order valence-corrected chi connectivity index (χ4v) is 5.00. The molecule has 32 heavy (non-hydrogen) atoms. The Morgan fingerprint density at radius 2 is 1.22 bits per heavy atom. The van der Waals surface area contributed by atoms with Crippen LogP contribution in [-0.4, -0.2) is 10.9 Å². The summed E-state index contributed by atoms with van der Waals surface area (Å²) in [6.07, 6.45) is 13.9. The Hall–Kier alpha value is -1.74. The minimum Gasteiger partial charge on any atom is -0.262 e. The molecule has 0 bridgehead atoms. The molecule has 0 aliphatic heterocycles. The van der Waals surface area contributed by atoms with Crippen LogP contribution in [0.15, 0.2) is 60.7 Å². The molecule has 176 valence electrons. The van der Waals surface area contributed by atoms with Gasteiger partial charge in [0.05, 0.1) is 0 Å². The molecule has 0 amide bonds. The zero-order chi connectivity index (χ0) is 22.9. The van der Waals surface area contributed by atoms with Crippen molar-refractivity contribution in [1.82, 2.24) is 5.32 Å². The van der Waals surface area contributed by atoms with E-state index in [0.717, 1.165) is 5.75 Å². The molecule has 0 aromatic heterocycles. The van der Waals surface area contributed by atoms with Gasteiger partial charge in [-0.3, -0.25) is 10.3 Å². The first-order valence-electron chi connectivity index (χ1n) is 12.8. The van der Waals surface area contributed by atoms with E-state index in [1.54, 1.807) is 0 Å². The van der Waals surface area contributed by atoms with Crippen molar-refractivity contribution < 1.29 is 4.99 Å². The Balaban J connectivity index is 1.78. The molecule has 0 aliphatic rings. The van der Waals surface area contributed by atoms with Gasteiger partial charge in [0.25, 0.3) is 0 Å². The quantitative estimate of drug-likeness (QED) is 0.169. The van der Waals surface area contributed by atoms with E-state index in [1.807, 2.05) is 11.8 Å². The van der Waals surface area contributed by atoms with Gasteiger partial charge in [0.2, 0.25) is 0 Å². The van der Waals surface area contributed by atoms with E-state index in [9.17, 15) is 0 Å². The minimum atomic E-state index is 0.280. The average molecular weight is 454 g/mol. The third kappa shape index (κ3) is 11.2. The van der Waals surface area contributed by atoms with Crippen molar-refractivity contribution in [3.8, 4) is 0 Å². The van der Waals surface area contributed by atoms with E-state index >= 15 is 0 Å². The summed E-state index contributed by atoms with van der Waals surface area (Å²) in [7, 11) is 0. The highest BCUT2D eigenvalue weighted by atomic mass is 32.2. The van der Waals surface area contributed by atoms with Gasteiger partial charge in [-0.2, -0.15) is 0 Å². The van der Waals surface area contributed by atoms with Gasteiger partial charge in [0.15, 0.2) is 0 Å². The van der Waals surface area contributed by atoms with Crippen LogP contribution in [0.1, 0.15) is 108 Å². The van der Waals surface area contributed by atoms with Crippen molar-refractivity contribution >= 4 is 16.9 Å². The lowest BCUT2D eigenvalue weighted by atomic mass is 10.1. The lowest BCUT2D eigenvalue weighted by Gasteiger charge is -2.13. The number of unbranched alkanes of at least 4 members (excludes halogenated alkanes) is 9. The van der Waals surface area contributed by atoms with Crippen LogP contribution in [0.2, 0.25) is 0 Å². The Morgan fingerprint density at radius 1 is 0.719 bits per heavy atom. The van der Waals surface area contributed by atoms with Crippen molar-refractivity contribution in [2.75, 3.05) is 5.75 Å². The van der Waals surface area contributed by atoms with Crippen LogP contribution in [0.4, 0.5) is 0 Å². The van der Waals surface area contributed by atoms with Gasteiger partial charge in [-0.25, -0.2) is 0 Å². The first-order chi connectivity index (χ1) is 15.7. The molecule has 2 nitrogen and oxygen atoms in total. The van der Waals surface area contributed by atoms with Crippen LogP contribution in [0.25, 0.3) is 0 Å². The predicted molar refractivity (Wildman–Crippen MR) is 143 cm³/mol. The molecule has 0 spiro atoms. The number of amidine groups is 1. The molecule has 0 heterocycles. The third-order valence-electron chi connectivity index (χ3n) is 6.04. The molecule has 2 aromatic rings. The molecular formula is C29H45N2S+. The normalized spacial score (nSPS) is 13.7.